The Balaban J connectivity index is 1.81. The highest BCUT2D eigenvalue weighted by atomic mass is 19.1. The van der Waals surface area contributed by atoms with Gasteiger partial charge in [0, 0.05) is 0 Å². The predicted molar refractivity (Wildman–Crippen MR) is 88.9 cm³/mol. The first kappa shape index (κ1) is 16.7. The molecule has 1 amide bonds. The highest BCUT2D eigenvalue weighted by Crippen LogP contribution is 2.20. The fourth-order valence-corrected chi connectivity index (χ4v) is 2.40. The summed E-state index contributed by atoms with van der Waals surface area (Å²) in [6, 6.07) is 13.8. The molecule has 0 saturated carbocycles. The molecule has 6 nitrogen and oxygen atoms in total. The number of amides is 1. The first-order chi connectivity index (χ1) is 12.1. The number of nitrogens with zero attached hydrogens (tertiary/aromatic N) is 2. The lowest BCUT2D eigenvalue weighted by molar-refractivity contribution is 0.0908. The zero-order valence-electron chi connectivity index (χ0n) is 13.1. The van der Waals surface area contributed by atoms with Crippen molar-refractivity contribution in [2.75, 3.05) is 6.61 Å². The van der Waals surface area contributed by atoms with Crippen LogP contribution in [0, 0.1) is 5.82 Å². The molecule has 2 aromatic carbocycles. The fraction of sp³-hybridized carbons (Fsp3) is 0.111. The van der Waals surface area contributed by atoms with E-state index in [-0.39, 0.29) is 18.1 Å². The molecule has 0 aliphatic rings. The van der Waals surface area contributed by atoms with Crippen molar-refractivity contribution in [3.05, 3.63) is 77.9 Å². The number of aliphatic hydroxyl groups excluding tert-OH is 1. The number of nitrogens with one attached hydrogen (secondary N) is 1. The summed E-state index contributed by atoms with van der Waals surface area (Å²) in [5, 5.41) is 26.2. The lowest BCUT2D eigenvalue weighted by atomic mass is 10.1. The fourth-order valence-electron chi connectivity index (χ4n) is 2.40. The number of carbonyl (C=O) groups is 1. The number of hydrogen-bond acceptors (Lipinski definition) is 4. The largest absolute Gasteiger partial charge is 0.504 e. The maximum absolute atomic E-state index is 13.0. The van der Waals surface area contributed by atoms with E-state index in [9.17, 15) is 19.4 Å². The van der Waals surface area contributed by atoms with Crippen molar-refractivity contribution in [2.45, 2.75) is 6.04 Å². The van der Waals surface area contributed by atoms with Gasteiger partial charge in [-0.1, -0.05) is 30.3 Å². The van der Waals surface area contributed by atoms with Crippen LogP contribution in [0.3, 0.4) is 0 Å². The van der Waals surface area contributed by atoms with Gasteiger partial charge in [0.15, 0.2) is 11.4 Å². The molecule has 1 heterocycles. The second kappa shape index (κ2) is 7.14. The van der Waals surface area contributed by atoms with E-state index >= 15 is 0 Å². The molecular formula is C18H16FN3O3. The third-order valence-electron chi connectivity index (χ3n) is 3.69. The molecule has 3 N–H and O–H groups in total. The molecule has 0 aliphatic heterocycles. The van der Waals surface area contributed by atoms with Crippen molar-refractivity contribution >= 4 is 5.91 Å². The Morgan fingerprint density at radius 2 is 1.84 bits per heavy atom. The highest BCUT2D eigenvalue weighted by molar-refractivity contribution is 5.95. The maximum atomic E-state index is 13.0. The Morgan fingerprint density at radius 3 is 2.48 bits per heavy atom. The summed E-state index contributed by atoms with van der Waals surface area (Å²) < 4.78 is 14.3. The van der Waals surface area contributed by atoms with Crippen molar-refractivity contribution < 1.29 is 19.4 Å². The summed E-state index contributed by atoms with van der Waals surface area (Å²) in [4.78, 5) is 12.4. The lowest BCUT2D eigenvalue weighted by Gasteiger charge is -2.15. The van der Waals surface area contributed by atoms with Crippen molar-refractivity contribution in [3.8, 4) is 11.4 Å². The molecule has 0 bridgehead atoms. The molecule has 1 atom stereocenters. The number of hydrogen-bond donors (Lipinski definition) is 3. The summed E-state index contributed by atoms with van der Waals surface area (Å²) in [5.41, 5.74) is 1.05. The van der Waals surface area contributed by atoms with Crippen LogP contribution in [0.2, 0.25) is 0 Å². The minimum absolute atomic E-state index is 0.182. The van der Waals surface area contributed by atoms with Gasteiger partial charge in [-0.3, -0.25) is 4.79 Å². The standard InChI is InChI=1S/C18H16FN3O3/c19-13-6-8-14(9-7-13)22-10-16(24)17(21-22)18(25)20-15(11-23)12-4-2-1-3-5-12/h1-10,15,23-24H,11H2,(H,20,25)/t15-/m1/s1. The third-order valence-corrected chi connectivity index (χ3v) is 3.69. The summed E-state index contributed by atoms with van der Waals surface area (Å²) in [5.74, 6) is -1.33. The molecule has 3 rings (SSSR count). The number of aromatic nitrogens is 2. The Kier molecular flexibility index (Phi) is 4.76. The number of aromatic hydroxyl groups is 1. The maximum Gasteiger partial charge on any atom is 0.276 e. The zero-order valence-corrected chi connectivity index (χ0v) is 13.1. The van der Waals surface area contributed by atoms with Gasteiger partial charge in [-0.05, 0) is 29.8 Å². The number of aliphatic hydroxyl groups is 1. The van der Waals surface area contributed by atoms with E-state index < -0.39 is 17.8 Å². The minimum atomic E-state index is -0.624. The van der Waals surface area contributed by atoms with Crippen molar-refractivity contribution in [1.82, 2.24) is 15.1 Å². The van der Waals surface area contributed by atoms with Gasteiger partial charge in [0.1, 0.15) is 5.82 Å². The van der Waals surface area contributed by atoms with E-state index in [0.29, 0.717) is 5.69 Å². The first-order valence-electron chi connectivity index (χ1n) is 7.59. The number of carbonyl (C=O) groups excluding carboxylic acids is 1. The predicted octanol–water partition coefficient (Wildman–Crippen LogP) is 2.18. The zero-order chi connectivity index (χ0) is 17.8. The van der Waals surface area contributed by atoms with E-state index in [0.717, 1.165) is 5.56 Å². The van der Waals surface area contributed by atoms with Crippen LogP contribution in [0.1, 0.15) is 22.1 Å². The second-order valence-corrected chi connectivity index (χ2v) is 5.40. The van der Waals surface area contributed by atoms with Gasteiger partial charge in [-0.25, -0.2) is 9.07 Å². The van der Waals surface area contributed by atoms with Crippen molar-refractivity contribution in [1.29, 1.82) is 0 Å². The molecule has 0 aliphatic carbocycles. The summed E-state index contributed by atoms with van der Waals surface area (Å²) in [7, 11) is 0. The summed E-state index contributed by atoms with van der Waals surface area (Å²) in [6.45, 7) is -0.296. The summed E-state index contributed by atoms with van der Waals surface area (Å²) in [6.07, 6.45) is 1.26. The number of rotatable bonds is 5. The van der Waals surface area contributed by atoms with Crippen molar-refractivity contribution in [3.63, 3.8) is 0 Å². The smallest absolute Gasteiger partial charge is 0.276 e. The van der Waals surface area contributed by atoms with E-state index in [2.05, 4.69) is 10.4 Å². The molecule has 0 spiro atoms. The highest BCUT2D eigenvalue weighted by Gasteiger charge is 2.21. The van der Waals surface area contributed by atoms with E-state index in [4.69, 9.17) is 0 Å². The van der Waals surface area contributed by atoms with Crippen molar-refractivity contribution in [2.24, 2.45) is 0 Å². The molecule has 25 heavy (non-hydrogen) atoms. The number of halogens is 1. The lowest BCUT2D eigenvalue weighted by Crippen LogP contribution is -2.31. The van der Waals surface area contributed by atoms with Crippen LogP contribution in [-0.2, 0) is 0 Å². The van der Waals surface area contributed by atoms with E-state index in [1.807, 2.05) is 6.07 Å². The van der Waals surface area contributed by atoms with Crippen LogP contribution < -0.4 is 5.32 Å². The van der Waals surface area contributed by atoms with Crippen LogP contribution in [0.15, 0.2) is 60.8 Å². The van der Waals surface area contributed by atoms with Gasteiger partial charge >= 0.3 is 0 Å². The van der Waals surface area contributed by atoms with Gasteiger partial charge in [-0.2, -0.15) is 5.10 Å². The molecule has 0 unspecified atom stereocenters. The Bertz CT molecular complexity index is 863. The Hall–Kier alpha value is -3.19. The van der Waals surface area contributed by atoms with Gasteiger partial charge in [-0.15, -0.1) is 0 Å². The average Bonchev–Trinajstić information content (AvgIpc) is 3.02. The number of benzene rings is 2. The minimum Gasteiger partial charge on any atom is -0.504 e. The van der Waals surface area contributed by atoms with Crippen LogP contribution in [0.4, 0.5) is 4.39 Å². The first-order valence-corrected chi connectivity index (χ1v) is 7.59. The molecule has 3 aromatic rings. The SMILES string of the molecule is O=C(N[C@H](CO)c1ccccc1)c1nn(-c2ccc(F)cc2)cc1O. The second-order valence-electron chi connectivity index (χ2n) is 5.40. The third kappa shape index (κ3) is 3.67. The summed E-state index contributed by atoms with van der Waals surface area (Å²) >= 11 is 0. The molecule has 1 aromatic heterocycles. The van der Waals surface area contributed by atoms with Gasteiger partial charge in [0.05, 0.1) is 24.5 Å². The molecule has 7 heteroatoms. The molecule has 128 valence electrons. The van der Waals surface area contributed by atoms with Gasteiger partial charge < -0.3 is 15.5 Å². The molecular weight excluding hydrogens is 325 g/mol. The topological polar surface area (TPSA) is 87.4 Å². The van der Waals surface area contributed by atoms with Crippen LogP contribution in [0.25, 0.3) is 5.69 Å². The monoisotopic (exact) mass is 341 g/mol. The average molecular weight is 341 g/mol. The van der Waals surface area contributed by atoms with Crippen LogP contribution >= 0.6 is 0 Å². The van der Waals surface area contributed by atoms with Gasteiger partial charge in [0.2, 0.25) is 0 Å². The molecule has 0 radical (unpaired) electrons. The molecule has 0 fully saturated rings. The van der Waals surface area contributed by atoms with Crippen LogP contribution in [-0.4, -0.2) is 32.5 Å². The molecule has 0 saturated heterocycles. The normalized spacial score (nSPS) is 11.9. The quantitative estimate of drug-likeness (QED) is 0.664. The van der Waals surface area contributed by atoms with E-state index in [1.165, 1.54) is 35.1 Å². The van der Waals surface area contributed by atoms with Crippen LogP contribution in [0.5, 0.6) is 5.75 Å². The Labute approximate surface area is 143 Å². The van der Waals surface area contributed by atoms with Gasteiger partial charge in [0.25, 0.3) is 5.91 Å². The Morgan fingerprint density at radius 1 is 1.16 bits per heavy atom. The van der Waals surface area contributed by atoms with E-state index in [1.54, 1.807) is 24.3 Å².